The Hall–Kier alpha value is -2.21. The fourth-order valence-corrected chi connectivity index (χ4v) is 4.10. The lowest BCUT2D eigenvalue weighted by atomic mass is 10.0. The van der Waals surface area contributed by atoms with Gasteiger partial charge in [0.25, 0.3) is 15.9 Å². The molecule has 1 aromatic heterocycles. The molecule has 0 unspecified atom stereocenters. The lowest BCUT2D eigenvalue weighted by molar-refractivity contribution is 0.0980. The van der Waals surface area contributed by atoms with Crippen molar-refractivity contribution in [1.29, 1.82) is 0 Å². The average Bonchev–Trinajstić information content (AvgIpc) is 2.45. The smallest absolute Gasteiger partial charge is 0.266 e. The van der Waals surface area contributed by atoms with Crippen LogP contribution in [-0.4, -0.2) is 19.3 Å². The van der Waals surface area contributed by atoms with Crippen molar-refractivity contribution in [2.75, 3.05) is 0 Å². The zero-order valence-corrected chi connectivity index (χ0v) is 14.7. The SMILES string of the molecule is Cc1ccncc1C(=O)NS(=O)(=O)c1c(C)c(C)cc(C)c1C. The summed E-state index contributed by atoms with van der Waals surface area (Å²) in [7, 11) is -3.96. The molecule has 0 radical (unpaired) electrons. The molecule has 0 aliphatic carbocycles. The molecule has 0 aliphatic rings. The number of carbonyl (C=O) groups is 1. The Bertz CT molecular complexity index is 861. The van der Waals surface area contributed by atoms with E-state index >= 15 is 0 Å². The molecule has 2 aromatic rings. The summed E-state index contributed by atoms with van der Waals surface area (Å²) in [6, 6.07) is 3.60. The molecule has 23 heavy (non-hydrogen) atoms. The van der Waals surface area contributed by atoms with E-state index in [4.69, 9.17) is 0 Å². The van der Waals surface area contributed by atoms with Crippen LogP contribution in [0, 0.1) is 34.6 Å². The first-order valence-electron chi connectivity index (χ1n) is 7.20. The maximum atomic E-state index is 12.7. The predicted molar refractivity (Wildman–Crippen MR) is 89.0 cm³/mol. The third-order valence-electron chi connectivity index (χ3n) is 4.08. The van der Waals surface area contributed by atoms with Gasteiger partial charge in [0, 0.05) is 12.4 Å². The van der Waals surface area contributed by atoms with Crippen molar-refractivity contribution in [3.8, 4) is 0 Å². The second-order valence-corrected chi connectivity index (χ2v) is 7.33. The van der Waals surface area contributed by atoms with Crippen LogP contribution >= 0.6 is 0 Å². The summed E-state index contributed by atoms with van der Waals surface area (Å²) >= 11 is 0. The summed E-state index contributed by atoms with van der Waals surface area (Å²) in [5.74, 6) is -0.673. The largest absolute Gasteiger partial charge is 0.268 e. The summed E-state index contributed by atoms with van der Waals surface area (Å²) < 4.78 is 27.6. The van der Waals surface area contributed by atoms with Crippen LogP contribution in [0.4, 0.5) is 0 Å². The lowest BCUT2D eigenvalue weighted by Crippen LogP contribution is -2.32. The average molecular weight is 332 g/mol. The molecule has 1 heterocycles. The molecule has 5 nitrogen and oxygen atoms in total. The molecule has 122 valence electrons. The van der Waals surface area contributed by atoms with Gasteiger partial charge in [-0.1, -0.05) is 6.07 Å². The Morgan fingerprint density at radius 2 is 1.57 bits per heavy atom. The molecular formula is C17H20N2O3S. The zero-order valence-electron chi connectivity index (χ0n) is 13.9. The van der Waals surface area contributed by atoms with Crippen molar-refractivity contribution in [2.24, 2.45) is 0 Å². The number of carbonyl (C=O) groups excluding carboxylic acids is 1. The minimum Gasteiger partial charge on any atom is -0.268 e. The van der Waals surface area contributed by atoms with Crippen molar-refractivity contribution < 1.29 is 13.2 Å². The number of sulfonamides is 1. The van der Waals surface area contributed by atoms with E-state index in [0.717, 1.165) is 11.1 Å². The highest BCUT2D eigenvalue weighted by molar-refractivity contribution is 7.90. The van der Waals surface area contributed by atoms with E-state index in [-0.39, 0.29) is 10.5 Å². The van der Waals surface area contributed by atoms with E-state index in [1.54, 1.807) is 33.0 Å². The van der Waals surface area contributed by atoms with Crippen LogP contribution in [-0.2, 0) is 10.0 Å². The number of nitrogens with zero attached hydrogens (tertiary/aromatic N) is 1. The van der Waals surface area contributed by atoms with E-state index in [0.29, 0.717) is 16.7 Å². The van der Waals surface area contributed by atoms with Crippen molar-refractivity contribution in [3.05, 3.63) is 57.9 Å². The number of rotatable bonds is 3. The molecule has 1 amide bonds. The van der Waals surface area contributed by atoms with E-state index in [1.165, 1.54) is 6.20 Å². The van der Waals surface area contributed by atoms with Gasteiger partial charge >= 0.3 is 0 Å². The molecule has 1 aromatic carbocycles. The number of aryl methyl sites for hydroxylation is 3. The van der Waals surface area contributed by atoms with Crippen LogP contribution < -0.4 is 4.72 Å². The monoisotopic (exact) mass is 332 g/mol. The first kappa shape index (κ1) is 17.1. The van der Waals surface area contributed by atoms with Crippen molar-refractivity contribution in [3.63, 3.8) is 0 Å². The van der Waals surface area contributed by atoms with Gasteiger partial charge in [-0.25, -0.2) is 13.1 Å². The van der Waals surface area contributed by atoms with Gasteiger partial charge < -0.3 is 0 Å². The second kappa shape index (κ2) is 6.12. The Morgan fingerprint density at radius 3 is 2.09 bits per heavy atom. The van der Waals surface area contributed by atoms with Crippen LogP contribution in [0.2, 0.25) is 0 Å². The Kier molecular flexibility index (Phi) is 4.56. The van der Waals surface area contributed by atoms with E-state index < -0.39 is 15.9 Å². The highest BCUT2D eigenvalue weighted by Gasteiger charge is 2.25. The third kappa shape index (κ3) is 3.27. The van der Waals surface area contributed by atoms with Crippen LogP contribution in [0.25, 0.3) is 0 Å². The van der Waals surface area contributed by atoms with Gasteiger partial charge in [-0.2, -0.15) is 0 Å². The molecule has 2 rings (SSSR count). The number of hydrogen-bond donors (Lipinski definition) is 1. The molecule has 0 bridgehead atoms. The summed E-state index contributed by atoms with van der Waals surface area (Å²) in [5.41, 5.74) is 3.96. The fraction of sp³-hybridized carbons (Fsp3) is 0.294. The van der Waals surface area contributed by atoms with Gasteiger partial charge in [-0.15, -0.1) is 0 Å². The highest BCUT2D eigenvalue weighted by Crippen LogP contribution is 2.26. The first-order valence-corrected chi connectivity index (χ1v) is 8.68. The summed E-state index contributed by atoms with van der Waals surface area (Å²) in [5, 5.41) is 0. The van der Waals surface area contributed by atoms with Crippen molar-refractivity contribution in [2.45, 2.75) is 39.5 Å². The number of hydrogen-bond acceptors (Lipinski definition) is 4. The lowest BCUT2D eigenvalue weighted by Gasteiger charge is -2.16. The highest BCUT2D eigenvalue weighted by atomic mass is 32.2. The molecule has 6 heteroatoms. The molecular weight excluding hydrogens is 312 g/mol. The predicted octanol–water partition coefficient (Wildman–Crippen LogP) is 2.74. The number of aromatic nitrogens is 1. The first-order chi connectivity index (χ1) is 10.6. The molecule has 0 spiro atoms. The quantitative estimate of drug-likeness (QED) is 0.937. The minimum atomic E-state index is -3.96. The van der Waals surface area contributed by atoms with E-state index in [1.807, 2.05) is 19.9 Å². The number of benzene rings is 1. The minimum absolute atomic E-state index is 0.171. The van der Waals surface area contributed by atoms with Crippen LogP contribution in [0.15, 0.2) is 29.4 Å². The summed E-state index contributed by atoms with van der Waals surface area (Å²) in [6.45, 7) is 8.94. The standard InChI is InChI=1S/C17H20N2O3S/c1-10-6-7-18-9-15(10)17(20)19-23(21,22)16-13(4)11(2)8-12(3)14(16)5/h6-9H,1-5H3,(H,19,20). The van der Waals surface area contributed by atoms with Gasteiger partial charge in [0.2, 0.25) is 0 Å². The van der Waals surface area contributed by atoms with Gasteiger partial charge in [-0.05, 0) is 68.5 Å². The normalized spacial score (nSPS) is 11.3. The molecule has 0 atom stereocenters. The number of amides is 1. The van der Waals surface area contributed by atoms with Gasteiger partial charge in [0.15, 0.2) is 0 Å². The van der Waals surface area contributed by atoms with E-state index in [9.17, 15) is 13.2 Å². The van der Waals surface area contributed by atoms with E-state index in [2.05, 4.69) is 9.71 Å². The van der Waals surface area contributed by atoms with Gasteiger partial charge in [-0.3, -0.25) is 9.78 Å². The Balaban J connectivity index is 2.49. The Labute approximate surface area is 136 Å². The molecule has 0 aliphatic heterocycles. The zero-order chi connectivity index (χ0) is 17.4. The molecule has 0 saturated carbocycles. The summed E-state index contributed by atoms with van der Waals surface area (Å²) in [6.07, 6.45) is 2.92. The molecule has 1 N–H and O–H groups in total. The number of pyridine rings is 1. The second-order valence-electron chi connectivity index (χ2n) is 5.71. The summed E-state index contributed by atoms with van der Waals surface area (Å²) in [4.78, 5) is 16.4. The Morgan fingerprint density at radius 1 is 1.00 bits per heavy atom. The van der Waals surface area contributed by atoms with Crippen LogP contribution in [0.5, 0.6) is 0 Å². The van der Waals surface area contributed by atoms with Crippen LogP contribution in [0.3, 0.4) is 0 Å². The van der Waals surface area contributed by atoms with Gasteiger partial charge in [0.1, 0.15) is 0 Å². The fourth-order valence-electron chi connectivity index (χ4n) is 2.51. The molecule has 0 saturated heterocycles. The maximum Gasteiger partial charge on any atom is 0.266 e. The maximum absolute atomic E-state index is 12.7. The third-order valence-corrected chi connectivity index (χ3v) is 5.68. The van der Waals surface area contributed by atoms with Crippen molar-refractivity contribution >= 4 is 15.9 Å². The molecule has 0 fully saturated rings. The van der Waals surface area contributed by atoms with Crippen molar-refractivity contribution in [1.82, 2.24) is 9.71 Å². The van der Waals surface area contributed by atoms with Gasteiger partial charge in [0.05, 0.1) is 10.5 Å². The topological polar surface area (TPSA) is 76.1 Å². The number of nitrogens with one attached hydrogen (secondary N) is 1. The van der Waals surface area contributed by atoms with Crippen LogP contribution in [0.1, 0.15) is 38.2 Å².